The van der Waals surface area contributed by atoms with E-state index in [-0.39, 0.29) is 43.6 Å². The fraction of sp³-hybridized carbons (Fsp3) is 0.500. The van der Waals surface area contributed by atoms with Gasteiger partial charge in [0.05, 0.1) is 32.7 Å². The topological polar surface area (TPSA) is 90.9 Å². The van der Waals surface area contributed by atoms with Gasteiger partial charge in [0.1, 0.15) is 10.6 Å². The van der Waals surface area contributed by atoms with Crippen LogP contribution >= 0.6 is 23.6 Å². The Hall–Kier alpha value is -2.85. The number of sulfone groups is 1. The number of rotatable bonds is 8. The number of nitrogens with zero attached hydrogens (tertiary/aromatic N) is 5. The molecule has 2 aromatic heterocycles. The molecule has 240 valence electrons. The van der Waals surface area contributed by atoms with Gasteiger partial charge in [-0.25, -0.2) is 18.4 Å². The standard InChI is InChI=1S/C30H33F3N6O3S3/c1-37-8-10-45(40,41)25-13-24(44-27(25)28(37)43)26-22(30(31,32)33)14-34-29(36-26)35-23-6-5-18(12-21(23)17-3-4-17)39-16-19-11-20(39)15-38(19)7-9-42-2/h5-6,12-14,17,19-20H,3-4,7-11,15-16H2,1-2H3,(H,34,35,36)/t19-,20-/m1/s1. The zero-order chi connectivity index (χ0) is 31.7. The van der Waals surface area contributed by atoms with Gasteiger partial charge < -0.3 is 19.9 Å². The summed E-state index contributed by atoms with van der Waals surface area (Å²) < 4.78 is 73.8. The van der Waals surface area contributed by atoms with Gasteiger partial charge in [-0.3, -0.25) is 4.90 Å². The van der Waals surface area contributed by atoms with E-state index in [4.69, 9.17) is 17.0 Å². The number of fused-ring (bicyclic) bond motifs is 3. The molecule has 0 spiro atoms. The van der Waals surface area contributed by atoms with E-state index < -0.39 is 21.6 Å². The third-order valence-electron chi connectivity index (χ3n) is 9.16. The van der Waals surface area contributed by atoms with E-state index in [1.807, 2.05) is 6.07 Å². The number of piperazine rings is 1. The summed E-state index contributed by atoms with van der Waals surface area (Å²) >= 11 is 6.39. The van der Waals surface area contributed by atoms with Crippen LogP contribution in [-0.2, 0) is 20.8 Å². The van der Waals surface area contributed by atoms with Gasteiger partial charge in [0, 0.05) is 70.0 Å². The highest BCUT2D eigenvalue weighted by Crippen LogP contribution is 2.47. The Morgan fingerprint density at radius 2 is 1.98 bits per heavy atom. The quantitative estimate of drug-likeness (QED) is 0.323. The predicted molar refractivity (Wildman–Crippen MR) is 171 cm³/mol. The van der Waals surface area contributed by atoms with Crippen molar-refractivity contribution in [2.24, 2.45) is 0 Å². The molecule has 1 N–H and O–H groups in total. The Balaban J connectivity index is 1.20. The molecule has 3 aromatic rings. The van der Waals surface area contributed by atoms with Gasteiger partial charge in [0.15, 0.2) is 9.84 Å². The number of ether oxygens (including phenoxy) is 1. The summed E-state index contributed by atoms with van der Waals surface area (Å²) in [5, 5.41) is 3.19. The minimum absolute atomic E-state index is 0.00723. The summed E-state index contributed by atoms with van der Waals surface area (Å²) in [5.41, 5.74) is 1.58. The number of alkyl halides is 3. The van der Waals surface area contributed by atoms with Crippen molar-refractivity contribution in [3.8, 4) is 10.6 Å². The number of hydrogen-bond acceptors (Lipinski definition) is 10. The molecule has 3 aliphatic heterocycles. The molecule has 2 atom stereocenters. The molecule has 0 radical (unpaired) electrons. The molecule has 4 aliphatic rings. The molecule has 0 amide bonds. The lowest BCUT2D eigenvalue weighted by Gasteiger charge is -2.35. The van der Waals surface area contributed by atoms with Crippen LogP contribution in [0.3, 0.4) is 0 Å². The molecule has 1 saturated carbocycles. The second-order valence-corrected chi connectivity index (χ2v) is 15.7. The van der Waals surface area contributed by atoms with Crippen molar-refractivity contribution in [2.45, 2.75) is 48.3 Å². The van der Waals surface area contributed by atoms with Crippen molar-refractivity contribution in [1.29, 1.82) is 0 Å². The molecule has 1 aliphatic carbocycles. The van der Waals surface area contributed by atoms with Crippen LogP contribution in [0.4, 0.5) is 30.5 Å². The van der Waals surface area contributed by atoms with Crippen molar-refractivity contribution >= 4 is 55.7 Å². The number of aromatic nitrogens is 2. The summed E-state index contributed by atoms with van der Waals surface area (Å²) in [7, 11) is -0.339. The maximum absolute atomic E-state index is 14.2. The molecule has 5 heterocycles. The SMILES string of the molecule is COCCN1C[C@H]2C[C@@H]1CN2c1ccc(Nc2ncc(C(F)(F)F)c(-c3cc4c(s3)C(=S)N(C)CCS4(=O)=O)n2)c(C2CC2)c1. The molecular formula is C30H33F3N6O3S3. The monoisotopic (exact) mass is 678 g/mol. The van der Waals surface area contributed by atoms with Gasteiger partial charge >= 0.3 is 6.18 Å². The van der Waals surface area contributed by atoms with Crippen LogP contribution < -0.4 is 10.2 Å². The van der Waals surface area contributed by atoms with Crippen LogP contribution in [-0.4, -0.2) is 98.0 Å². The number of thiophene rings is 1. The molecule has 15 heteroatoms. The molecule has 9 nitrogen and oxygen atoms in total. The largest absolute Gasteiger partial charge is 0.420 e. The Kier molecular flexibility index (Phi) is 7.83. The number of methoxy groups -OCH3 is 1. The normalized spacial score (nSPS) is 23.0. The van der Waals surface area contributed by atoms with Gasteiger partial charge in [-0.1, -0.05) is 12.2 Å². The van der Waals surface area contributed by atoms with Gasteiger partial charge in [-0.05, 0) is 55.0 Å². The van der Waals surface area contributed by atoms with Crippen LogP contribution in [0.1, 0.15) is 41.2 Å². The molecule has 3 fully saturated rings. The van der Waals surface area contributed by atoms with Crippen molar-refractivity contribution < 1.29 is 26.3 Å². The number of benzene rings is 1. The zero-order valence-corrected chi connectivity index (χ0v) is 27.3. The lowest BCUT2D eigenvalue weighted by atomic mass is 10.1. The van der Waals surface area contributed by atoms with Crippen LogP contribution in [0.15, 0.2) is 35.4 Å². The summed E-state index contributed by atoms with van der Waals surface area (Å²) in [6.45, 7) is 3.83. The fourth-order valence-electron chi connectivity index (χ4n) is 6.59. The summed E-state index contributed by atoms with van der Waals surface area (Å²) in [6.07, 6.45) is -0.787. The first kappa shape index (κ1) is 30.8. The average molecular weight is 679 g/mol. The highest BCUT2D eigenvalue weighted by atomic mass is 32.2. The van der Waals surface area contributed by atoms with Gasteiger partial charge in [0.2, 0.25) is 5.95 Å². The Bertz CT molecular complexity index is 1760. The average Bonchev–Trinajstić information content (AvgIpc) is 3.44. The minimum Gasteiger partial charge on any atom is -0.383 e. The van der Waals surface area contributed by atoms with Gasteiger partial charge in [-0.2, -0.15) is 13.2 Å². The Morgan fingerprint density at radius 3 is 2.67 bits per heavy atom. The molecule has 45 heavy (non-hydrogen) atoms. The molecule has 7 rings (SSSR count). The molecule has 0 unspecified atom stereocenters. The van der Waals surface area contributed by atoms with Crippen LogP contribution in [0.5, 0.6) is 0 Å². The second-order valence-electron chi connectivity index (χ2n) is 12.2. The van der Waals surface area contributed by atoms with E-state index >= 15 is 0 Å². The number of halogens is 3. The fourth-order valence-corrected chi connectivity index (χ4v) is 10.0. The zero-order valence-electron chi connectivity index (χ0n) is 24.8. The Labute approximate surface area is 269 Å². The highest BCUT2D eigenvalue weighted by molar-refractivity contribution is 7.92. The molecule has 2 saturated heterocycles. The molecule has 1 aromatic carbocycles. The van der Waals surface area contributed by atoms with E-state index in [9.17, 15) is 21.6 Å². The van der Waals surface area contributed by atoms with Crippen molar-refractivity contribution in [2.75, 3.05) is 62.9 Å². The van der Waals surface area contributed by atoms with Crippen LogP contribution in [0, 0.1) is 0 Å². The summed E-state index contributed by atoms with van der Waals surface area (Å²) in [5.74, 6) is 0.184. The number of likely N-dealkylation sites (tertiary alicyclic amines) is 1. The third kappa shape index (κ3) is 5.81. The van der Waals surface area contributed by atoms with E-state index in [1.165, 1.54) is 6.07 Å². The lowest BCUT2D eigenvalue weighted by molar-refractivity contribution is -0.137. The van der Waals surface area contributed by atoms with Crippen LogP contribution in [0.2, 0.25) is 0 Å². The highest BCUT2D eigenvalue weighted by Gasteiger charge is 2.43. The number of hydrogen-bond donors (Lipinski definition) is 1. The first-order valence-electron chi connectivity index (χ1n) is 14.9. The number of thiocarbonyl (C=S) groups is 1. The Morgan fingerprint density at radius 1 is 1.18 bits per heavy atom. The van der Waals surface area contributed by atoms with E-state index in [0.717, 1.165) is 80.0 Å². The van der Waals surface area contributed by atoms with Crippen LogP contribution in [0.25, 0.3) is 10.6 Å². The first-order chi connectivity index (χ1) is 21.4. The summed E-state index contributed by atoms with van der Waals surface area (Å²) in [6, 6.07) is 8.43. The first-order valence-corrected chi connectivity index (χ1v) is 17.8. The molecule has 2 bridgehead atoms. The van der Waals surface area contributed by atoms with Gasteiger partial charge in [-0.15, -0.1) is 11.3 Å². The van der Waals surface area contributed by atoms with Gasteiger partial charge in [0.25, 0.3) is 0 Å². The smallest absolute Gasteiger partial charge is 0.383 e. The van der Waals surface area contributed by atoms with Crippen molar-refractivity contribution in [3.63, 3.8) is 0 Å². The maximum Gasteiger partial charge on any atom is 0.420 e. The lowest BCUT2D eigenvalue weighted by Crippen LogP contribution is -2.47. The maximum atomic E-state index is 14.2. The number of anilines is 3. The third-order valence-corrected chi connectivity index (χ3v) is 12.8. The number of nitrogens with one attached hydrogen (secondary N) is 1. The predicted octanol–water partition coefficient (Wildman–Crippen LogP) is 5.15. The van der Waals surface area contributed by atoms with E-state index in [2.05, 4.69) is 37.2 Å². The minimum atomic E-state index is -4.75. The molecular weight excluding hydrogens is 646 g/mol. The van der Waals surface area contributed by atoms with Crippen molar-refractivity contribution in [1.82, 2.24) is 19.8 Å². The van der Waals surface area contributed by atoms with E-state index in [1.54, 1.807) is 19.1 Å². The van der Waals surface area contributed by atoms with E-state index in [0.29, 0.717) is 18.0 Å². The second kappa shape index (κ2) is 11.4. The summed E-state index contributed by atoms with van der Waals surface area (Å²) in [4.78, 5) is 15.5. The van der Waals surface area contributed by atoms with Crippen molar-refractivity contribution in [3.05, 3.63) is 46.5 Å².